The molecule has 4 nitrogen and oxygen atoms in total. The molecule has 0 aliphatic heterocycles. The minimum atomic E-state index is 0.684. The van der Waals surface area contributed by atoms with Crippen LogP contribution in [0.5, 0.6) is 0 Å². The second-order valence-electron chi connectivity index (χ2n) is 3.36. The highest BCUT2D eigenvalue weighted by molar-refractivity contribution is 5.47. The van der Waals surface area contributed by atoms with Crippen LogP contribution in [0.1, 0.15) is 5.56 Å². The lowest BCUT2D eigenvalue weighted by Crippen LogP contribution is -2.25. The van der Waals surface area contributed by atoms with Gasteiger partial charge in [0, 0.05) is 32.4 Å². The van der Waals surface area contributed by atoms with Crippen molar-refractivity contribution < 1.29 is 4.74 Å². The number of rotatable bonds is 7. The predicted molar refractivity (Wildman–Crippen MR) is 64.4 cm³/mol. The van der Waals surface area contributed by atoms with Gasteiger partial charge in [-0.1, -0.05) is 0 Å². The first-order valence-electron chi connectivity index (χ1n) is 5.30. The summed E-state index contributed by atoms with van der Waals surface area (Å²) in [5.41, 5.74) is 1.72. The maximum atomic E-state index is 8.63. The van der Waals surface area contributed by atoms with Crippen LogP contribution < -0.4 is 10.6 Å². The summed E-state index contributed by atoms with van der Waals surface area (Å²) in [5, 5.41) is 15.1. The van der Waals surface area contributed by atoms with Crippen LogP contribution >= 0.6 is 0 Å². The monoisotopic (exact) mass is 219 g/mol. The molecule has 0 aliphatic carbocycles. The van der Waals surface area contributed by atoms with Crippen LogP contribution in [0.15, 0.2) is 24.3 Å². The van der Waals surface area contributed by atoms with E-state index in [0.29, 0.717) is 5.56 Å². The van der Waals surface area contributed by atoms with Crippen LogP contribution in [0.2, 0.25) is 0 Å². The average Bonchev–Trinajstić information content (AvgIpc) is 2.34. The molecule has 2 N–H and O–H groups in total. The van der Waals surface area contributed by atoms with Gasteiger partial charge in [0.25, 0.3) is 0 Å². The van der Waals surface area contributed by atoms with E-state index in [1.165, 1.54) is 0 Å². The third-order valence-electron chi connectivity index (χ3n) is 2.13. The molecule has 0 amide bonds. The van der Waals surface area contributed by atoms with Crippen LogP contribution in [0, 0.1) is 11.3 Å². The van der Waals surface area contributed by atoms with E-state index in [-0.39, 0.29) is 0 Å². The first-order valence-corrected chi connectivity index (χ1v) is 5.30. The molecular weight excluding hydrogens is 202 g/mol. The van der Waals surface area contributed by atoms with Gasteiger partial charge in [-0.3, -0.25) is 0 Å². The zero-order valence-corrected chi connectivity index (χ0v) is 9.49. The summed E-state index contributed by atoms with van der Waals surface area (Å²) in [5.74, 6) is 0. The molecule has 0 radical (unpaired) electrons. The lowest BCUT2D eigenvalue weighted by atomic mass is 10.2. The fourth-order valence-corrected chi connectivity index (χ4v) is 1.26. The van der Waals surface area contributed by atoms with Gasteiger partial charge in [0.15, 0.2) is 0 Å². The number of methoxy groups -OCH3 is 1. The molecular formula is C12H17N3O. The fraction of sp³-hybridized carbons (Fsp3) is 0.417. The largest absolute Gasteiger partial charge is 0.384 e. The first-order chi connectivity index (χ1) is 7.86. The lowest BCUT2D eigenvalue weighted by Gasteiger charge is -2.07. The molecule has 1 aromatic rings. The highest BCUT2D eigenvalue weighted by atomic mass is 16.5. The van der Waals surface area contributed by atoms with Gasteiger partial charge in [0.05, 0.1) is 18.2 Å². The number of nitriles is 1. The highest BCUT2D eigenvalue weighted by Crippen LogP contribution is 2.07. The molecule has 1 rings (SSSR count). The maximum absolute atomic E-state index is 8.63. The van der Waals surface area contributed by atoms with E-state index in [2.05, 4.69) is 16.7 Å². The van der Waals surface area contributed by atoms with Gasteiger partial charge in [0.1, 0.15) is 0 Å². The van der Waals surface area contributed by atoms with Crippen molar-refractivity contribution >= 4 is 5.69 Å². The number of nitrogens with one attached hydrogen (secondary N) is 2. The van der Waals surface area contributed by atoms with E-state index in [9.17, 15) is 0 Å². The second-order valence-corrected chi connectivity index (χ2v) is 3.36. The fourth-order valence-electron chi connectivity index (χ4n) is 1.26. The molecule has 1 aromatic carbocycles. The summed E-state index contributed by atoms with van der Waals surface area (Å²) < 4.78 is 4.92. The molecule has 0 heterocycles. The molecule has 0 fully saturated rings. The van der Waals surface area contributed by atoms with Crippen molar-refractivity contribution in [3.05, 3.63) is 29.8 Å². The maximum Gasteiger partial charge on any atom is 0.0991 e. The molecule has 0 aliphatic rings. The van der Waals surface area contributed by atoms with Crippen molar-refractivity contribution in [2.45, 2.75) is 0 Å². The van der Waals surface area contributed by atoms with Crippen molar-refractivity contribution in [3.8, 4) is 6.07 Å². The van der Waals surface area contributed by atoms with Crippen molar-refractivity contribution in [1.82, 2.24) is 5.32 Å². The van der Waals surface area contributed by atoms with E-state index in [1.54, 1.807) is 19.2 Å². The molecule has 0 saturated carbocycles. The lowest BCUT2D eigenvalue weighted by molar-refractivity contribution is 0.200. The van der Waals surface area contributed by atoms with Crippen molar-refractivity contribution in [2.24, 2.45) is 0 Å². The quantitative estimate of drug-likeness (QED) is 0.677. The molecule has 4 heteroatoms. The Bertz CT molecular complexity index is 329. The Hall–Kier alpha value is -1.57. The molecule has 0 saturated heterocycles. The van der Waals surface area contributed by atoms with Crippen LogP contribution in [0.25, 0.3) is 0 Å². The van der Waals surface area contributed by atoms with E-state index in [1.807, 2.05) is 12.1 Å². The number of benzene rings is 1. The molecule has 0 aromatic heterocycles. The van der Waals surface area contributed by atoms with Crippen LogP contribution in [0.3, 0.4) is 0 Å². The van der Waals surface area contributed by atoms with E-state index in [4.69, 9.17) is 10.00 Å². The van der Waals surface area contributed by atoms with Gasteiger partial charge in [-0.05, 0) is 24.3 Å². The van der Waals surface area contributed by atoms with E-state index in [0.717, 1.165) is 31.9 Å². The smallest absolute Gasteiger partial charge is 0.0991 e. The van der Waals surface area contributed by atoms with Crippen LogP contribution in [-0.2, 0) is 4.74 Å². The number of ether oxygens (including phenoxy) is 1. The zero-order chi connectivity index (χ0) is 11.6. The Labute approximate surface area is 96.2 Å². The van der Waals surface area contributed by atoms with Gasteiger partial charge in [-0.2, -0.15) is 5.26 Å². The third-order valence-corrected chi connectivity index (χ3v) is 2.13. The number of nitrogens with zero attached hydrogens (tertiary/aromatic N) is 1. The molecule has 0 atom stereocenters. The first kappa shape index (κ1) is 12.5. The number of hydrogen-bond acceptors (Lipinski definition) is 4. The summed E-state index contributed by atoms with van der Waals surface area (Å²) in [6, 6.07) is 9.52. The SMILES string of the molecule is COCCNCCNc1ccc(C#N)cc1. The summed E-state index contributed by atoms with van der Waals surface area (Å²) >= 11 is 0. The standard InChI is InChI=1S/C12H17N3O/c1-16-9-8-14-6-7-15-12-4-2-11(10-13)3-5-12/h2-5,14-15H,6-9H2,1H3. The Morgan fingerprint density at radius 2 is 1.94 bits per heavy atom. The Balaban J connectivity index is 2.15. The molecule has 0 bridgehead atoms. The van der Waals surface area contributed by atoms with Crippen LogP contribution in [-0.4, -0.2) is 33.4 Å². The third kappa shape index (κ3) is 4.78. The highest BCUT2D eigenvalue weighted by Gasteiger charge is 1.92. The minimum Gasteiger partial charge on any atom is -0.384 e. The summed E-state index contributed by atoms with van der Waals surface area (Å²) in [6.45, 7) is 3.35. The van der Waals surface area contributed by atoms with E-state index < -0.39 is 0 Å². The van der Waals surface area contributed by atoms with Gasteiger partial charge < -0.3 is 15.4 Å². The van der Waals surface area contributed by atoms with E-state index >= 15 is 0 Å². The van der Waals surface area contributed by atoms with Crippen molar-refractivity contribution in [1.29, 1.82) is 5.26 Å². The summed E-state index contributed by atoms with van der Waals surface area (Å²) in [4.78, 5) is 0. The topological polar surface area (TPSA) is 57.1 Å². The Morgan fingerprint density at radius 3 is 2.56 bits per heavy atom. The van der Waals surface area contributed by atoms with Crippen LogP contribution in [0.4, 0.5) is 5.69 Å². The molecule has 0 spiro atoms. The number of hydrogen-bond donors (Lipinski definition) is 2. The molecule has 16 heavy (non-hydrogen) atoms. The molecule has 0 unspecified atom stereocenters. The normalized spacial score (nSPS) is 9.75. The predicted octanol–water partition coefficient (Wildman–Crippen LogP) is 1.21. The van der Waals surface area contributed by atoms with Gasteiger partial charge in [-0.25, -0.2) is 0 Å². The van der Waals surface area contributed by atoms with Crippen molar-refractivity contribution in [3.63, 3.8) is 0 Å². The zero-order valence-electron chi connectivity index (χ0n) is 9.49. The van der Waals surface area contributed by atoms with Crippen molar-refractivity contribution in [2.75, 3.05) is 38.7 Å². The Kier molecular flexibility index (Phi) is 6.00. The summed E-state index contributed by atoms with van der Waals surface area (Å²) in [7, 11) is 1.69. The minimum absolute atomic E-state index is 0.684. The van der Waals surface area contributed by atoms with Gasteiger partial charge >= 0.3 is 0 Å². The number of anilines is 1. The van der Waals surface area contributed by atoms with Gasteiger partial charge in [0.2, 0.25) is 0 Å². The average molecular weight is 219 g/mol. The van der Waals surface area contributed by atoms with Gasteiger partial charge in [-0.15, -0.1) is 0 Å². The second kappa shape index (κ2) is 7.69. The summed E-state index contributed by atoms with van der Waals surface area (Å²) in [6.07, 6.45) is 0. The Morgan fingerprint density at radius 1 is 1.19 bits per heavy atom. The molecule has 86 valence electrons.